The van der Waals surface area contributed by atoms with E-state index in [1.54, 1.807) is 11.9 Å². The van der Waals surface area contributed by atoms with Crippen LogP contribution in [0.25, 0.3) is 0 Å². The molecule has 1 aliphatic heterocycles. The van der Waals surface area contributed by atoms with Crippen LogP contribution in [0, 0.1) is 0 Å². The molecule has 0 aliphatic carbocycles. The second-order valence-corrected chi connectivity index (χ2v) is 8.78. The fraction of sp³-hybridized carbons (Fsp3) is 0.632. The van der Waals surface area contributed by atoms with Crippen molar-refractivity contribution in [3.05, 3.63) is 22.4 Å². The number of halogens is 2. The van der Waals surface area contributed by atoms with Crippen LogP contribution in [0.1, 0.15) is 40.5 Å². The molecule has 1 fully saturated rings. The summed E-state index contributed by atoms with van der Waals surface area (Å²) in [7, 11) is 1.66. The molecule has 0 bridgehead atoms. The van der Waals surface area contributed by atoms with E-state index >= 15 is 0 Å². The van der Waals surface area contributed by atoms with Crippen LogP contribution >= 0.6 is 23.2 Å². The molecule has 0 spiro atoms. The Morgan fingerprint density at radius 2 is 1.93 bits per heavy atom. The number of nitrogens with zero attached hydrogens (tertiary/aromatic N) is 3. The van der Waals surface area contributed by atoms with Gasteiger partial charge >= 0.3 is 6.09 Å². The summed E-state index contributed by atoms with van der Waals surface area (Å²) in [6, 6.07) is 1.24. The number of ether oxygens (including phenoxy) is 1. The van der Waals surface area contributed by atoms with Gasteiger partial charge in [0.25, 0.3) is 0 Å². The first-order valence-corrected chi connectivity index (χ1v) is 10.1. The largest absolute Gasteiger partial charge is 0.444 e. The molecule has 0 radical (unpaired) electrons. The number of likely N-dealkylation sites (tertiary alicyclic amines) is 1. The first-order chi connectivity index (χ1) is 13.0. The Balaban J connectivity index is 1.87. The first kappa shape index (κ1) is 22.7. The smallest absolute Gasteiger partial charge is 0.410 e. The third-order valence-corrected chi connectivity index (χ3v) is 5.00. The van der Waals surface area contributed by atoms with E-state index in [0.717, 1.165) is 12.8 Å². The van der Waals surface area contributed by atoms with E-state index in [4.69, 9.17) is 27.9 Å². The third-order valence-electron chi connectivity index (χ3n) is 4.50. The molecule has 2 rings (SSSR count). The average molecular weight is 431 g/mol. The molecule has 156 valence electrons. The minimum atomic E-state index is -0.504. The molecule has 9 heteroatoms. The number of carbonyl (C=O) groups is 2. The molecular weight excluding hydrogens is 403 g/mol. The number of carbonyl (C=O) groups excluding carboxylic acids is 2. The van der Waals surface area contributed by atoms with E-state index in [0.29, 0.717) is 23.8 Å². The highest BCUT2D eigenvalue weighted by molar-refractivity contribution is 6.36. The van der Waals surface area contributed by atoms with Gasteiger partial charge in [0, 0.05) is 26.2 Å². The van der Waals surface area contributed by atoms with Gasteiger partial charge in [-0.1, -0.05) is 23.2 Å². The zero-order valence-corrected chi connectivity index (χ0v) is 18.5. The van der Waals surface area contributed by atoms with Gasteiger partial charge in [0.05, 0.1) is 22.9 Å². The van der Waals surface area contributed by atoms with Crippen molar-refractivity contribution in [2.75, 3.05) is 25.0 Å². The number of likely N-dealkylation sites (N-methyl/N-ethyl adjacent to an activating group) is 1. The predicted octanol–water partition coefficient (Wildman–Crippen LogP) is 3.73. The Bertz CT molecular complexity index is 716. The molecule has 2 heterocycles. The number of aromatic nitrogens is 1. The van der Waals surface area contributed by atoms with Crippen molar-refractivity contribution >= 4 is 40.9 Å². The van der Waals surface area contributed by atoms with Crippen LogP contribution in [0.5, 0.6) is 0 Å². The Hall–Kier alpha value is -1.57. The molecule has 2 amide bonds. The van der Waals surface area contributed by atoms with E-state index in [2.05, 4.69) is 10.3 Å². The normalized spacial score (nSPS) is 16.6. The van der Waals surface area contributed by atoms with Gasteiger partial charge in [-0.3, -0.25) is 4.79 Å². The number of piperidine rings is 1. The molecule has 0 unspecified atom stereocenters. The highest BCUT2D eigenvalue weighted by atomic mass is 35.5. The highest BCUT2D eigenvalue weighted by Gasteiger charge is 2.29. The highest BCUT2D eigenvalue weighted by Crippen LogP contribution is 2.26. The van der Waals surface area contributed by atoms with E-state index < -0.39 is 11.6 Å². The maximum atomic E-state index is 12.7. The van der Waals surface area contributed by atoms with Crippen LogP contribution in [0.3, 0.4) is 0 Å². The van der Waals surface area contributed by atoms with Crippen molar-refractivity contribution in [1.29, 1.82) is 0 Å². The molecule has 0 saturated carbocycles. The maximum Gasteiger partial charge on any atom is 0.410 e. The summed E-state index contributed by atoms with van der Waals surface area (Å²) < 4.78 is 5.41. The maximum absolute atomic E-state index is 12.7. The average Bonchev–Trinajstić information content (AvgIpc) is 2.59. The van der Waals surface area contributed by atoms with Gasteiger partial charge in [-0.15, -0.1) is 0 Å². The lowest BCUT2D eigenvalue weighted by molar-refractivity contribution is -0.120. The van der Waals surface area contributed by atoms with Gasteiger partial charge in [0.2, 0.25) is 5.91 Å². The summed E-state index contributed by atoms with van der Waals surface area (Å²) in [5.41, 5.74) is -0.000336. The van der Waals surface area contributed by atoms with E-state index in [1.165, 1.54) is 17.2 Å². The number of pyridine rings is 1. The summed E-state index contributed by atoms with van der Waals surface area (Å²) in [5.74, 6) is -0.124. The predicted molar refractivity (Wildman–Crippen MR) is 111 cm³/mol. The van der Waals surface area contributed by atoms with E-state index in [9.17, 15) is 9.59 Å². The van der Waals surface area contributed by atoms with E-state index in [-0.39, 0.29) is 23.2 Å². The van der Waals surface area contributed by atoms with Crippen LogP contribution < -0.4 is 10.2 Å². The Morgan fingerprint density at radius 1 is 1.32 bits per heavy atom. The molecule has 1 saturated heterocycles. The second-order valence-electron chi connectivity index (χ2n) is 7.99. The number of anilines is 1. The zero-order valence-electron chi connectivity index (χ0n) is 17.0. The standard InChI is InChI=1S/C19H28Cl2N4O3/c1-12(17(26)24(5)15-11-22-16(21)10-14(15)20)23-13-6-8-25(9-7-13)18(27)28-19(2,3)4/h10-13,23H,6-9H2,1-5H3/t12-/m1/s1. The van der Waals surface area contributed by atoms with Gasteiger partial charge < -0.3 is 19.9 Å². The van der Waals surface area contributed by atoms with Crippen molar-refractivity contribution in [3.8, 4) is 0 Å². The van der Waals surface area contributed by atoms with Gasteiger partial charge in [-0.25, -0.2) is 9.78 Å². The lowest BCUT2D eigenvalue weighted by atomic mass is 10.0. The lowest BCUT2D eigenvalue weighted by Crippen LogP contribution is -2.52. The molecule has 0 aromatic carbocycles. The number of rotatable bonds is 4. The molecule has 1 atom stereocenters. The van der Waals surface area contributed by atoms with Crippen LogP contribution in [0.15, 0.2) is 12.3 Å². The van der Waals surface area contributed by atoms with Crippen LogP contribution in [-0.2, 0) is 9.53 Å². The Labute approximate surface area is 176 Å². The molecule has 7 nitrogen and oxygen atoms in total. The van der Waals surface area contributed by atoms with Gasteiger partial charge in [0.15, 0.2) is 0 Å². The van der Waals surface area contributed by atoms with Crippen molar-refractivity contribution in [2.45, 2.75) is 58.2 Å². The summed E-state index contributed by atoms with van der Waals surface area (Å²) >= 11 is 12.0. The molecule has 1 N–H and O–H groups in total. The number of nitrogens with one attached hydrogen (secondary N) is 1. The zero-order chi connectivity index (χ0) is 21.1. The van der Waals surface area contributed by atoms with Crippen LogP contribution in [0.4, 0.5) is 10.5 Å². The Kier molecular flexibility index (Phi) is 7.53. The fourth-order valence-corrected chi connectivity index (χ4v) is 3.53. The lowest BCUT2D eigenvalue weighted by Gasteiger charge is -2.35. The summed E-state index contributed by atoms with van der Waals surface area (Å²) in [6.45, 7) is 8.56. The second kappa shape index (κ2) is 9.29. The number of amides is 2. The SMILES string of the molecule is C[C@@H](NC1CCN(C(=O)OC(C)(C)C)CC1)C(=O)N(C)c1cnc(Cl)cc1Cl. The Morgan fingerprint density at radius 3 is 2.46 bits per heavy atom. The van der Waals surface area contributed by atoms with Gasteiger partial charge in [-0.2, -0.15) is 0 Å². The monoisotopic (exact) mass is 430 g/mol. The van der Waals surface area contributed by atoms with Gasteiger partial charge in [-0.05, 0) is 46.6 Å². The van der Waals surface area contributed by atoms with Crippen molar-refractivity contribution in [3.63, 3.8) is 0 Å². The molecule has 1 aliphatic rings. The molecule has 1 aromatic rings. The van der Waals surface area contributed by atoms with E-state index in [1.807, 2.05) is 27.7 Å². The summed E-state index contributed by atoms with van der Waals surface area (Å²) in [6.07, 6.45) is 2.70. The molecular formula is C19H28Cl2N4O3. The van der Waals surface area contributed by atoms with Gasteiger partial charge in [0.1, 0.15) is 10.8 Å². The quantitative estimate of drug-likeness (QED) is 0.736. The van der Waals surface area contributed by atoms with Crippen LogP contribution in [-0.4, -0.2) is 59.7 Å². The summed E-state index contributed by atoms with van der Waals surface area (Å²) in [4.78, 5) is 32.1. The van der Waals surface area contributed by atoms with Crippen molar-refractivity contribution in [2.24, 2.45) is 0 Å². The minimum absolute atomic E-state index is 0.124. The van der Waals surface area contributed by atoms with Crippen molar-refractivity contribution in [1.82, 2.24) is 15.2 Å². The fourth-order valence-electron chi connectivity index (χ4n) is 3.04. The minimum Gasteiger partial charge on any atom is -0.444 e. The number of hydrogen-bond donors (Lipinski definition) is 1. The molecule has 1 aromatic heterocycles. The van der Waals surface area contributed by atoms with Crippen LogP contribution in [0.2, 0.25) is 10.2 Å². The first-order valence-electron chi connectivity index (χ1n) is 9.30. The third kappa shape index (κ3) is 6.22. The topological polar surface area (TPSA) is 74.8 Å². The molecule has 28 heavy (non-hydrogen) atoms. The number of hydrogen-bond acceptors (Lipinski definition) is 5. The summed E-state index contributed by atoms with van der Waals surface area (Å²) in [5, 5.41) is 3.99. The van der Waals surface area contributed by atoms with Crippen molar-refractivity contribution < 1.29 is 14.3 Å².